The number of aromatic nitrogens is 3. The summed E-state index contributed by atoms with van der Waals surface area (Å²) in [6.45, 7) is 0. The van der Waals surface area contributed by atoms with Gasteiger partial charge in [0.15, 0.2) is 11.4 Å². The Bertz CT molecular complexity index is 3140. The zero-order valence-electron chi connectivity index (χ0n) is 28.0. The number of nitrogens with zero attached hydrogens (tertiary/aromatic N) is 3. The summed E-state index contributed by atoms with van der Waals surface area (Å²) in [6.07, 6.45) is 0. The maximum Gasteiger partial charge on any atom is 0.180 e. The molecule has 0 unspecified atom stereocenters. The van der Waals surface area contributed by atoms with Gasteiger partial charge < -0.3 is 8.98 Å². The predicted octanol–water partition coefficient (Wildman–Crippen LogP) is 12.8. The Balaban J connectivity index is 1.15. The van der Waals surface area contributed by atoms with Crippen molar-refractivity contribution in [2.75, 3.05) is 0 Å². The molecule has 11 rings (SSSR count). The largest absolute Gasteiger partial charge is 0.452 e. The molecule has 3 heterocycles. The molecular weight excluding hydrogens is 635 g/mol. The highest BCUT2D eigenvalue weighted by Crippen LogP contribution is 2.42. The maximum atomic E-state index is 6.76. The van der Waals surface area contributed by atoms with Crippen molar-refractivity contribution in [2.24, 2.45) is 0 Å². The van der Waals surface area contributed by atoms with Crippen LogP contribution < -0.4 is 0 Å². The standard InChI is InChI=1S/C48H29N3O/c1-2-13-31(14-3-1)48-49-45(34-26-27-37-33(28-34)25-24-30-12-4-5-17-36(30)37)47-46(50-48)44-38(20-11-23-43(44)52-47)32-15-10-16-35(29-32)51-41-21-8-6-18-39(41)40-19-7-9-22-42(40)51/h1-29H. The average molecular weight is 664 g/mol. The molecule has 4 nitrogen and oxygen atoms in total. The van der Waals surface area contributed by atoms with Crippen LogP contribution >= 0.6 is 0 Å². The van der Waals surface area contributed by atoms with Gasteiger partial charge in [-0.2, -0.15) is 0 Å². The molecule has 0 fully saturated rings. The van der Waals surface area contributed by atoms with Crippen LogP contribution in [0.1, 0.15) is 0 Å². The number of fused-ring (bicyclic) bond motifs is 9. The second kappa shape index (κ2) is 11.2. The van der Waals surface area contributed by atoms with Crippen LogP contribution in [0.5, 0.6) is 0 Å². The molecule has 0 N–H and O–H groups in total. The SMILES string of the molecule is c1ccc(-c2nc(-c3ccc4c(ccc5ccccc54)c3)c3oc4cccc(-c5cccc(-n6c7ccccc7c7ccccc76)c5)c4c3n2)cc1. The molecule has 52 heavy (non-hydrogen) atoms. The molecule has 11 aromatic rings. The first-order valence-corrected chi connectivity index (χ1v) is 17.6. The Morgan fingerprint density at radius 1 is 0.442 bits per heavy atom. The van der Waals surface area contributed by atoms with E-state index in [-0.39, 0.29) is 0 Å². The lowest BCUT2D eigenvalue weighted by atomic mass is 9.98. The molecule has 0 radical (unpaired) electrons. The van der Waals surface area contributed by atoms with Crippen molar-refractivity contribution in [3.8, 4) is 39.5 Å². The van der Waals surface area contributed by atoms with Crippen LogP contribution in [0.3, 0.4) is 0 Å². The highest BCUT2D eigenvalue weighted by molar-refractivity contribution is 6.15. The Morgan fingerprint density at radius 2 is 1.12 bits per heavy atom. The van der Waals surface area contributed by atoms with E-state index in [1.165, 1.54) is 38.0 Å². The summed E-state index contributed by atoms with van der Waals surface area (Å²) in [5, 5.41) is 8.29. The van der Waals surface area contributed by atoms with Crippen molar-refractivity contribution < 1.29 is 4.42 Å². The van der Waals surface area contributed by atoms with Crippen LogP contribution in [0.4, 0.5) is 0 Å². The third kappa shape index (κ3) is 4.34. The van der Waals surface area contributed by atoms with Gasteiger partial charge in [-0.1, -0.05) is 140 Å². The lowest BCUT2D eigenvalue weighted by molar-refractivity contribution is 0.667. The van der Waals surface area contributed by atoms with E-state index in [1.54, 1.807) is 0 Å². The van der Waals surface area contributed by atoms with Crippen LogP contribution in [0.25, 0.3) is 105 Å². The number of benzene rings is 8. The summed E-state index contributed by atoms with van der Waals surface area (Å²) >= 11 is 0. The van der Waals surface area contributed by atoms with Crippen LogP contribution in [0.2, 0.25) is 0 Å². The Labute approximate surface area is 298 Å². The van der Waals surface area contributed by atoms with Crippen molar-refractivity contribution in [1.82, 2.24) is 14.5 Å². The van der Waals surface area contributed by atoms with E-state index in [0.29, 0.717) is 11.4 Å². The molecule has 0 aliphatic rings. The fourth-order valence-corrected chi connectivity index (χ4v) is 8.01. The summed E-state index contributed by atoms with van der Waals surface area (Å²) in [6, 6.07) is 62.0. The second-order valence-corrected chi connectivity index (χ2v) is 13.4. The lowest BCUT2D eigenvalue weighted by Crippen LogP contribution is -1.95. The zero-order valence-corrected chi connectivity index (χ0v) is 28.0. The Kier molecular flexibility index (Phi) is 6.22. The highest BCUT2D eigenvalue weighted by Gasteiger charge is 2.21. The van der Waals surface area contributed by atoms with Gasteiger partial charge in [0.05, 0.1) is 16.4 Å². The minimum Gasteiger partial charge on any atom is -0.452 e. The fraction of sp³-hybridized carbons (Fsp3) is 0. The third-order valence-electron chi connectivity index (χ3n) is 10.4. The van der Waals surface area contributed by atoms with Gasteiger partial charge in [-0.25, -0.2) is 9.97 Å². The highest BCUT2D eigenvalue weighted by atomic mass is 16.3. The first-order chi connectivity index (χ1) is 25.8. The van der Waals surface area contributed by atoms with Gasteiger partial charge in [0.1, 0.15) is 16.8 Å². The molecule has 0 bridgehead atoms. The van der Waals surface area contributed by atoms with Crippen LogP contribution in [-0.2, 0) is 0 Å². The minimum atomic E-state index is 0.665. The normalized spacial score (nSPS) is 11.8. The number of hydrogen-bond donors (Lipinski definition) is 0. The van der Waals surface area contributed by atoms with E-state index in [4.69, 9.17) is 14.4 Å². The zero-order chi connectivity index (χ0) is 34.2. The molecule has 0 saturated carbocycles. The summed E-state index contributed by atoms with van der Waals surface area (Å²) in [7, 11) is 0. The van der Waals surface area contributed by atoms with E-state index in [9.17, 15) is 0 Å². The quantitative estimate of drug-likeness (QED) is 0.176. The number of furan rings is 1. The molecular formula is C48H29N3O. The predicted molar refractivity (Wildman–Crippen MR) is 215 cm³/mol. The van der Waals surface area contributed by atoms with Gasteiger partial charge in [-0.15, -0.1) is 0 Å². The van der Waals surface area contributed by atoms with E-state index in [1.807, 2.05) is 24.3 Å². The van der Waals surface area contributed by atoms with Crippen LogP contribution in [-0.4, -0.2) is 14.5 Å². The van der Waals surface area contributed by atoms with Crippen molar-refractivity contribution in [2.45, 2.75) is 0 Å². The summed E-state index contributed by atoms with van der Waals surface area (Å²) in [5.41, 5.74) is 10.6. The molecule has 8 aromatic carbocycles. The van der Waals surface area contributed by atoms with E-state index < -0.39 is 0 Å². The van der Waals surface area contributed by atoms with Crippen molar-refractivity contribution >= 4 is 65.4 Å². The van der Waals surface area contributed by atoms with Gasteiger partial charge in [-0.05, 0) is 69.1 Å². The maximum absolute atomic E-state index is 6.76. The van der Waals surface area contributed by atoms with Gasteiger partial charge in [0, 0.05) is 27.6 Å². The van der Waals surface area contributed by atoms with E-state index in [0.717, 1.165) is 55.5 Å². The molecule has 4 heteroatoms. The van der Waals surface area contributed by atoms with Crippen molar-refractivity contribution in [1.29, 1.82) is 0 Å². The molecule has 0 spiro atoms. The van der Waals surface area contributed by atoms with Crippen molar-refractivity contribution in [3.63, 3.8) is 0 Å². The summed E-state index contributed by atoms with van der Waals surface area (Å²) in [4.78, 5) is 10.5. The first-order valence-electron chi connectivity index (χ1n) is 17.6. The fourth-order valence-electron chi connectivity index (χ4n) is 8.01. The molecule has 0 amide bonds. The van der Waals surface area contributed by atoms with Crippen LogP contribution in [0.15, 0.2) is 180 Å². The lowest BCUT2D eigenvalue weighted by Gasteiger charge is -2.11. The van der Waals surface area contributed by atoms with Gasteiger partial charge in [0.2, 0.25) is 0 Å². The van der Waals surface area contributed by atoms with Gasteiger partial charge >= 0.3 is 0 Å². The molecule has 0 aliphatic carbocycles. The first kappa shape index (κ1) is 28.8. The molecule has 0 saturated heterocycles. The second-order valence-electron chi connectivity index (χ2n) is 13.4. The van der Waals surface area contributed by atoms with Crippen molar-refractivity contribution in [3.05, 3.63) is 176 Å². The monoisotopic (exact) mass is 663 g/mol. The van der Waals surface area contributed by atoms with Crippen LogP contribution in [0, 0.1) is 0 Å². The average Bonchev–Trinajstić information content (AvgIpc) is 3.77. The topological polar surface area (TPSA) is 43.9 Å². The summed E-state index contributed by atoms with van der Waals surface area (Å²) in [5.74, 6) is 0.665. The van der Waals surface area contributed by atoms with E-state index in [2.05, 4.69) is 156 Å². The number of hydrogen-bond acceptors (Lipinski definition) is 3. The molecule has 0 aliphatic heterocycles. The minimum absolute atomic E-state index is 0.665. The van der Waals surface area contributed by atoms with E-state index >= 15 is 0 Å². The van der Waals surface area contributed by atoms with Gasteiger partial charge in [0.25, 0.3) is 0 Å². The molecule has 242 valence electrons. The van der Waals surface area contributed by atoms with Gasteiger partial charge in [-0.3, -0.25) is 0 Å². The Morgan fingerprint density at radius 3 is 1.94 bits per heavy atom. The number of rotatable bonds is 4. The molecule has 3 aromatic heterocycles. The smallest absolute Gasteiger partial charge is 0.180 e. The third-order valence-corrected chi connectivity index (χ3v) is 10.4. The summed E-state index contributed by atoms with van der Waals surface area (Å²) < 4.78 is 9.12. The molecule has 0 atom stereocenters. The Hall–Kier alpha value is -7.04. The number of para-hydroxylation sites is 2.